The third-order valence-corrected chi connectivity index (χ3v) is 2.94. The van der Waals surface area contributed by atoms with E-state index in [-0.39, 0.29) is 0 Å². The minimum Gasteiger partial charge on any atom is -0.0764 e. The van der Waals surface area contributed by atoms with Crippen LogP contribution in [0.25, 0.3) is 0 Å². The van der Waals surface area contributed by atoms with Gasteiger partial charge in [-0.15, -0.1) is 0 Å². The molecule has 1 aromatic carbocycles. The molecule has 0 nitrogen and oxygen atoms in total. The quantitative estimate of drug-likeness (QED) is 0.548. The smallest absolute Gasteiger partial charge is 0.00201 e. The molecule has 0 aliphatic carbocycles. The van der Waals surface area contributed by atoms with Crippen LogP contribution in [0.2, 0.25) is 0 Å². The predicted molar refractivity (Wildman–Crippen MR) is 88.7 cm³/mol. The highest BCUT2D eigenvalue weighted by Crippen LogP contribution is 2.23. The lowest BCUT2D eigenvalue weighted by Crippen LogP contribution is -1.94. The van der Waals surface area contributed by atoms with Crippen molar-refractivity contribution in [3.05, 3.63) is 58.7 Å². The molecular formula is C19H30. The molecule has 0 aromatic heterocycles. The van der Waals surface area contributed by atoms with E-state index in [0.717, 1.165) is 0 Å². The van der Waals surface area contributed by atoms with Gasteiger partial charge in [0, 0.05) is 5.92 Å². The molecule has 0 amide bonds. The Kier molecular flexibility index (Phi) is 8.95. The molecule has 0 saturated heterocycles. The van der Waals surface area contributed by atoms with Crippen molar-refractivity contribution < 1.29 is 0 Å². The standard InChI is InChI=1S/C16H22.C3H8/c1-12(2)6-9-14(4)15(5)16-10-7-13(3)8-11-16;1-3-2/h6-11,15H,1-5H3;3H2,1-2H3/b14-9+;. The van der Waals surface area contributed by atoms with Gasteiger partial charge in [-0.1, -0.05) is 80.3 Å². The number of allylic oxidation sites excluding steroid dienone is 4. The maximum atomic E-state index is 2.26. The van der Waals surface area contributed by atoms with Crippen LogP contribution in [-0.4, -0.2) is 0 Å². The lowest BCUT2D eigenvalue weighted by atomic mass is 9.93. The molecule has 0 heterocycles. The van der Waals surface area contributed by atoms with Gasteiger partial charge in [0.25, 0.3) is 0 Å². The minimum absolute atomic E-state index is 0.496. The zero-order valence-corrected chi connectivity index (χ0v) is 13.7. The van der Waals surface area contributed by atoms with Crippen LogP contribution in [0.3, 0.4) is 0 Å². The van der Waals surface area contributed by atoms with Crippen molar-refractivity contribution in [2.75, 3.05) is 0 Å². The molecule has 1 rings (SSSR count). The van der Waals surface area contributed by atoms with Gasteiger partial charge in [0.15, 0.2) is 0 Å². The van der Waals surface area contributed by atoms with Gasteiger partial charge < -0.3 is 0 Å². The van der Waals surface area contributed by atoms with Gasteiger partial charge in [-0.2, -0.15) is 0 Å². The summed E-state index contributed by atoms with van der Waals surface area (Å²) < 4.78 is 0. The van der Waals surface area contributed by atoms with Crippen LogP contribution in [0.1, 0.15) is 65.0 Å². The van der Waals surface area contributed by atoms with Crippen LogP contribution in [0.4, 0.5) is 0 Å². The van der Waals surface area contributed by atoms with Crippen LogP contribution in [0.15, 0.2) is 47.6 Å². The lowest BCUT2D eigenvalue weighted by Gasteiger charge is -2.12. The molecule has 1 aromatic rings. The van der Waals surface area contributed by atoms with Crippen LogP contribution in [0, 0.1) is 6.92 Å². The van der Waals surface area contributed by atoms with Crippen LogP contribution >= 0.6 is 0 Å². The maximum absolute atomic E-state index is 2.26. The van der Waals surface area contributed by atoms with Gasteiger partial charge in [-0.05, 0) is 33.3 Å². The Balaban J connectivity index is 0.000000982. The van der Waals surface area contributed by atoms with E-state index in [9.17, 15) is 0 Å². The second kappa shape index (κ2) is 9.61. The summed E-state index contributed by atoms with van der Waals surface area (Å²) in [5.74, 6) is 0.496. The van der Waals surface area contributed by atoms with Crippen molar-refractivity contribution in [1.82, 2.24) is 0 Å². The molecular weight excluding hydrogens is 228 g/mol. The summed E-state index contributed by atoms with van der Waals surface area (Å²) in [7, 11) is 0. The van der Waals surface area contributed by atoms with E-state index < -0.39 is 0 Å². The second-order valence-corrected chi connectivity index (χ2v) is 5.49. The summed E-state index contributed by atoms with van der Waals surface area (Å²) in [6.45, 7) is 15.1. The van der Waals surface area contributed by atoms with Crippen molar-refractivity contribution in [3.8, 4) is 0 Å². The van der Waals surface area contributed by atoms with Crippen LogP contribution in [0.5, 0.6) is 0 Å². The van der Waals surface area contributed by atoms with Crippen molar-refractivity contribution in [2.45, 2.75) is 60.8 Å². The Morgan fingerprint density at radius 1 is 1.00 bits per heavy atom. The summed E-state index contributed by atoms with van der Waals surface area (Å²) in [6, 6.07) is 8.81. The normalized spacial score (nSPS) is 12.3. The second-order valence-electron chi connectivity index (χ2n) is 5.49. The topological polar surface area (TPSA) is 0 Å². The fraction of sp³-hybridized carbons (Fsp3) is 0.474. The summed E-state index contributed by atoms with van der Waals surface area (Å²) in [6.07, 6.45) is 5.65. The molecule has 0 spiro atoms. The highest BCUT2D eigenvalue weighted by Gasteiger charge is 2.05. The number of hydrogen-bond acceptors (Lipinski definition) is 0. The van der Waals surface area contributed by atoms with E-state index >= 15 is 0 Å². The number of rotatable bonds is 3. The lowest BCUT2D eigenvalue weighted by molar-refractivity contribution is 0.892. The number of hydrogen-bond donors (Lipinski definition) is 0. The first kappa shape index (κ1) is 17.7. The monoisotopic (exact) mass is 258 g/mol. The van der Waals surface area contributed by atoms with E-state index in [0.29, 0.717) is 5.92 Å². The molecule has 0 radical (unpaired) electrons. The highest BCUT2D eigenvalue weighted by atomic mass is 14.1. The fourth-order valence-corrected chi connectivity index (χ4v) is 1.56. The molecule has 1 atom stereocenters. The minimum atomic E-state index is 0.496. The van der Waals surface area contributed by atoms with Gasteiger partial charge in [-0.3, -0.25) is 0 Å². The number of benzene rings is 1. The highest BCUT2D eigenvalue weighted by molar-refractivity contribution is 5.31. The summed E-state index contributed by atoms with van der Waals surface area (Å²) in [5, 5.41) is 0. The van der Waals surface area contributed by atoms with Crippen molar-refractivity contribution in [2.24, 2.45) is 0 Å². The Hall–Kier alpha value is -1.30. The molecule has 19 heavy (non-hydrogen) atoms. The molecule has 106 valence electrons. The van der Waals surface area contributed by atoms with Gasteiger partial charge in [-0.25, -0.2) is 0 Å². The largest absolute Gasteiger partial charge is 0.0764 e. The third kappa shape index (κ3) is 7.66. The van der Waals surface area contributed by atoms with E-state index in [1.807, 2.05) is 0 Å². The van der Waals surface area contributed by atoms with Gasteiger partial charge in [0.1, 0.15) is 0 Å². The average Bonchev–Trinajstić information content (AvgIpc) is 2.37. The van der Waals surface area contributed by atoms with Crippen molar-refractivity contribution in [1.29, 1.82) is 0 Å². The summed E-state index contributed by atoms with van der Waals surface area (Å²) >= 11 is 0. The predicted octanol–water partition coefficient (Wildman–Crippen LogP) is 6.43. The maximum Gasteiger partial charge on any atom is 0.00201 e. The Bertz CT molecular complexity index is 400. The van der Waals surface area contributed by atoms with E-state index in [4.69, 9.17) is 0 Å². The average molecular weight is 258 g/mol. The van der Waals surface area contributed by atoms with Crippen molar-refractivity contribution >= 4 is 0 Å². The first-order valence-electron chi connectivity index (χ1n) is 7.30. The summed E-state index contributed by atoms with van der Waals surface area (Å²) in [5.41, 5.74) is 5.46. The molecule has 1 unspecified atom stereocenters. The van der Waals surface area contributed by atoms with E-state index in [1.54, 1.807) is 0 Å². The van der Waals surface area contributed by atoms with Gasteiger partial charge >= 0.3 is 0 Å². The zero-order chi connectivity index (χ0) is 14.8. The molecule has 0 saturated carbocycles. The SMILES string of the molecule is CC(C)=C/C=C(\C)C(C)c1ccc(C)cc1.CCC. The molecule has 0 bridgehead atoms. The van der Waals surface area contributed by atoms with Crippen molar-refractivity contribution in [3.63, 3.8) is 0 Å². The van der Waals surface area contributed by atoms with E-state index in [1.165, 1.54) is 28.7 Å². The summed E-state index contributed by atoms with van der Waals surface area (Å²) in [4.78, 5) is 0. The molecule has 0 aliphatic heterocycles. The Labute approximate surface area is 120 Å². The zero-order valence-electron chi connectivity index (χ0n) is 13.7. The van der Waals surface area contributed by atoms with Crippen LogP contribution in [-0.2, 0) is 0 Å². The molecule has 0 fully saturated rings. The van der Waals surface area contributed by atoms with Gasteiger partial charge in [0.05, 0.1) is 0 Å². The van der Waals surface area contributed by atoms with E-state index in [2.05, 4.69) is 84.9 Å². The number of aryl methyl sites for hydroxylation is 1. The Morgan fingerprint density at radius 3 is 1.89 bits per heavy atom. The first-order chi connectivity index (χ1) is 8.92. The van der Waals surface area contributed by atoms with Gasteiger partial charge in [0.2, 0.25) is 0 Å². The first-order valence-corrected chi connectivity index (χ1v) is 7.30. The fourth-order valence-electron chi connectivity index (χ4n) is 1.56. The molecule has 0 N–H and O–H groups in total. The molecule has 0 heteroatoms. The molecule has 0 aliphatic rings. The third-order valence-electron chi connectivity index (χ3n) is 2.94. The Morgan fingerprint density at radius 2 is 1.47 bits per heavy atom. The van der Waals surface area contributed by atoms with Crippen LogP contribution < -0.4 is 0 Å².